The van der Waals surface area contributed by atoms with Crippen molar-refractivity contribution in [1.82, 2.24) is 20.1 Å². The minimum absolute atomic E-state index is 0.0364. The normalized spacial score (nSPS) is 11.3. The van der Waals surface area contributed by atoms with Gasteiger partial charge in [0, 0.05) is 15.2 Å². The van der Waals surface area contributed by atoms with Gasteiger partial charge in [-0.1, -0.05) is 63.0 Å². The van der Waals surface area contributed by atoms with Gasteiger partial charge in [-0.15, -0.1) is 10.2 Å². The molecule has 0 bridgehead atoms. The van der Waals surface area contributed by atoms with Gasteiger partial charge in [-0.05, 0) is 54.6 Å². The molecule has 8 nitrogen and oxygen atoms in total. The number of rotatable bonds is 10. The molecule has 41 heavy (non-hydrogen) atoms. The molecule has 0 spiro atoms. The van der Waals surface area contributed by atoms with Crippen LogP contribution in [0.5, 0.6) is 5.75 Å². The van der Waals surface area contributed by atoms with Crippen LogP contribution in [0.3, 0.4) is 0 Å². The third kappa shape index (κ3) is 8.38. The van der Waals surface area contributed by atoms with Crippen molar-refractivity contribution in [1.29, 1.82) is 0 Å². The molecule has 2 N–H and O–H groups in total. The Labute approximate surface area is 254 Å². The molecule has 0 unspecified atom stereocenters. The number of alkyl halides is 3. The molecule has 4 rings (SSSR count). The van der Waals surface area contributed by atoms with E-state index < -0.39 is 23.6 Å². The average molecular weight is 689 g/mol. The Hall–Kier alpha value is -3.26. The number of carbonyl (C=O) groups is 2. The van der Waals surface area contributed by atoms with E-state index in [1.54, 1.807) is 41.0 Å². The van der Waals surface area contributed by atoms with Crippen molar-refractivity contribution in [3.63, 3.8) is 0 Å². The molecule has 0 aliphatic heterocycles. The number of nitrogens with one attached hydrogen (secondary N) is 2. The van der Waals surface area contributed by atoms with E-state index in [4.69, 9.17) is 27.9 Å². The fraction of sp³-hybridized carbons (Fsp3) is 0.154. The van der Waals surface area contributed by atoms with Crippen molar-refractivity contribution in [3.05, 3.63) is 92.6 Å². The van der Waals surface area contributed by atoms with Crippen LogP contribution >= 0.6 is 50.9 Å². The zero-order valence-corrected chi connectivity index (χ0v) is 24.6. The second-order valence-electron chi connectivity index (χ2n) is 8.23. The SMILES string of the molecule is O=C(COc1ccc(Cl)cc1Cl)NCc1nnc(SCC(=O)Nc2ccccc2C(F)(F)F)n1-c1ccc(Br)cc1. The maximum Gasteiger partial charge on any atom is 0.418 e. The van der Waals surface area contributed by atoms with Gasteiger partial charge >= 0.3 is 6.18 Å². The van der Waals surface area contributed by atoms with E-state index in [0.717, 1.165) is 22.3 Å². The Kier molecular flexibility index (Phi) is 10.2. The molecule has 0 aliphatic carbocycles. The van der Waals surface area contributed by atoms with Gasteiger partial charge in [0.2, 0.25) is 5.91 Å². The summed E-state index contributed by atoms with van der Waals surface area (Å²) < 4.78 is 47.8. The maximum atomic E-state index is 13.3. The molecule has 0 saturated carbocycles. The summed E-state index contributed by atoms with van der Waals surface area (Å²) >= 11 is 16.3. The molecule has 1 aromatic heterocycles. The van der Waals surface area contributed by atoms with Crippen molar-refractivity contribution in [2.24, 2.45) is 0 Å². The smallest absolute Gasteiger partial charge is 0.418 e. The number of ether oxygens (including phenoxy) is 1. The minimum Gasteiger partial charge on any atom is -0.482 e. The van der Waals surface area contributed by atoms with Crippen LogP contribution in [0, 0.1) is 0 Å². The summed E-state index contributed by atoms with van der Waals surface area (Å²) in [6, 6.07) is 16.5. The zero-order chi connectivity index (χ0) is 29.6. The lowest BCUT2D eigenvalue weighted by Gasteiger charge is -2.14. The molecular formula is C26H19BrCl2F3N5O3S. The van der Waals surface area contributed by atoms with Crippen LogP contribution in [0.15, 0.2) is 76.4 Å². The van der Waals surface area contributed by atoms with E-state index >= 15 is 0 Å². The van der Waals surface area contributed by atoms with Gasteiger partial charge in [0.05, 0.1) is 28.6 Å². The lowest BCUT2D eigenvalue weighted by molar-refractivity contribution is -0.137. The summed E-state index contributed by atoms with van der Waals surface area (Å²) in [6.45, 7) is -0.361. The lowest BCUT2D eigenvalue weighted by atomic mass is 10.1. The summed E-state index contributed by atoms with van der Waals surface area (Å²) in [5.41, 5.74) is -0.654. The summed E-state index contributed by atoms with van der Waals surface area (Å²) in [5, 5.41) is 14.3. The molecule has 0 saturated heterocycles. The van der Waals surface area contributed by atoms with Crippen molar-refractivity contribution in [2.45, 2.75) is 17.9 Å². The Morgan fingerprint density at radius 1 is 1.00 bits per heavy atom. The highest BCUT2D eigenvalue weighted by Gasteiger charge is 2.33. The molecule has 0 fully saturated rings. The van der Waals surface area contributed by atoms with Crippen molar-refractivity contribution >= 4 is 68.4 Å². The number of halogens is 6. The molecule has 4 aromatic rings. The summed E-state index contributed by atoms with van der Waals surface area (Å²) in [4.78, 5) is 25.0. The number of anilines is 1. The van der Waals surface area contributed by atoms with Gasteiger partial charge in [0.1, 0.15) is 5.75 Å². The van der Waals surface area contributed by atoms with Crippen LogP contribution in [-0.2, 0) is 22.3 Å². The number of nitrogens with zero attached hydrogens (tertiary/aromatic N) is 3. The number of amides is 2. The topological polar surface area (TPSA) is 98.1 Å². The molecule has 214 valence electrons. The average Bonchev–Trinajstić information content (AvgIpc) is 3.33. The standard InChI is InChI=1S/C26H19BrCl2F3N5O3S/c27-15-5-8-17(9-6-15)37-22(12-33-23(38)13-40-21-10-7-16(28)11-19(21)29)35-36-25(37)41-14-24(39)34-20-4-2-1-3-18(20)26(30,31)32/h1-11H,12-14H2,(H,33,38)(H,34,39). The van der Waals surface area contributed by atoms with Gasteiger partial charge in [0.25, 0.3) is 5.91 Å². The van der Waals surface area contributed by atoms with Gasteiger partial charge < -0.3 is 15.4 Å². The van der Waals surface area contributed by atoms with Crippen LogP contribution in [0.4, 0.5) is 18.9 Å². The van der Waals surface area contributed by atoms with E-state index in [1.807, 2.05) is 0 Å². The number of para-hydroxylation sites is 1. The Morgan fingerprint density at radius 2 is 1.73 bits per heavy atom. The quantitative estimate of drug-likeness (QED) is 0.178. The summed E-state index contributed by atoms with van der Waals surface area (Å²) in [7, 11) is 0. The molecule has 15 heteroatoms. The van der Waals surface area contributed by atoms with Crippen molar-refractivity contribution in [2.75, 3.05) is 17.7 Å². The van der Waals surface area contributed by atoms with Crippen LogP contribution in [0.1, 0.15) is 11.4 Å². The highest BCUT2D eigenvalue weighted by Crippen LogP contribution is 2.35. The van der Waals surface area contributed by atoms with E-state index in [0.29, 0.717) is 27.4 Å². The lowest BCUT2D eigenvalue weighted by Crippen LogP contribution is -2.29. The Balaban J connectivity index is 1.44. The van der Waals surface area contributed by atoms with E-state index in [9.17, 15) is 22.8 Å². The number of aromatic nitrogens is 3. The predicted molar refractivity (Wildman–Crippen MR) is 154 cm³/mol. The van der Waals surface area contributed by atoms with Gasteiger partial charge in [-0.3, -0.25) is 14.2 Å². The number of benzene rings is 3. The fourth-order valence-electron chi connectivity index (χ4n) is 3.48. The van der Waals surface area contributed by atoms with Crippen molar-refractivity contribution in [3.8, 4) is 11.4 Å². The molecule has 1 heterocycles. The summed E-state index contributed by atoms with van der Waals surface area (Å²) in [6.07, 6.45) is -4.62. The van der Waals surface area contributed by atoms with Gasteiger partial charge in [0.15, 0.2) is 17.6 Å². The Bertz CT molecular complexity index is 1550. The fourth-order valence-corrected chi connectivity index (χ4v) is 4.98. The van der Waals surface area contributed by atoms with Crippen LogP contribution in [-0.4, -0.2) is 38.9 Å². The second-order valence-corrected chi connectivity index (χ2v) is 10.9. The second kappa shape index (κ2) is 13.6. The van der Waals surface area contributed by atoms with Crippen molar-refractivity contribution < 1.29 is 27.5 Å². The zero-order valence-electron chi connectivity index (χ0n) is 20.7. The molecule has 3 aromatic carbocycles. The highest BCUT2D eigenvalue weighted by atomic mass is 79.9. The molecule has 0 aliphatic rings. The largest absolute Gasteiger partial charge is 0.482 e. The number of hydrogen-bond donors (Lipinski definition) is 2. The minimum atomic E-state index is -4.62. The van der Waals surface area contributed by atoms with E-state index in [1.165, 1.54) is 24.3 Å². The van der Waals surface area contributed by atoms with Crippen LogP contribution < -0.4 is 15.4 Å². The number of hydrogen-bond acceptors (Lipinski definition) is 6. The monoisotopic (exact) mass is 687 g/mol. The first-order valence-corrected chi connectivity index (χ1v) is 14.2. The first-order chi connectivity index (χ1) is 19.5. The maximum absolute atomic E-state index is 13.3. The predicted octanol–water partition coefficient (Wildman–Crippen LogP) is 6.78. The van der Waals surface area contributed by atoms with Crippen LogP contribution in [0.2, 0.25) is 10.0 Å². The van der Waals surface area contributed by atoms with E-state index in [2.05, 4.69) is 36.8 Å². The first-order valence-electron chi connectivity index (χ1n) is 11.6. The summed E-state index contributed by atoms with van der Waals surface area (Å²) in [5.74, 6) is -0.735. The first kappa shape index (κ1) is 30.7. The third-order valence-corrected chi connectivity index (χ3v) is 7.31. The molecule has 0 atom stereocenters. The molecular weight excluding hydrogens is 670 g/mol. The van der Waals surface area contributed by atoms with Gasteiger partial charge in [-0.2, -0.15) is 13.2 Å². The molecule has 2 amide bonds. The number of thioether (sulfide) groups is 1. The third-order valence-electron chi connectivity index (χ3n) is 5.32. The van der Waals surface area contributed by atoms with E-state index in [-0.39, 0.29) is 29.6 Å². The number of carbonyl (C=O) groups excluding carboxylic acids is 2. The highest BCUT2D eigenvalue weighted by molar-refractivity contribution is 9.10. The Morgan fingerprint density at radius 3 is 2.44 bits per heavy atom. The molecule has 0 radical (unpaired) electrons. The van der Waals surface area contributed by atoms with Gasteiger partial charge in [-0.25, -0.2) is 0 Å². The van der Waals surface area contributed by atoms with Crippen LogP contribution in [0.25, 0.3) is 5.69 Å².